The average molecular weight is 264 g/mol. The number of nitrogens with two attached hydrogens (primary N) is 2. The van der Waals surface area contributed by atoms with Crippen molar-refractivity contribution in [2.24, 2.45) is 5.73 Å². The second kappa shape index (κ2) is 4.93. The third-order valence-electron chi connectivity index (χ3n) is 2.37. The van der Waals surface area contributed by atoms with Gasteiger partial charge >= 0.3 is 0 Å². The lowest BCUT2D eigenvalue weighted by atomic mass is 10.1. The Morgan fingerprint density at radius 2 is 1.74 bits per heavy atom. The van der Waals surface area contributed by atoms with E-state index >= 15 is 0 Å². The van der Waals surface area contributed by atoms with Gasteiger partial charge in [0.15, 0.2) is 5.75 Å². The highest BCUT2D eigenvalue weighted by Gasteiger charge is 2.14. The number of nitrogen functional groups attached to an aromatic ring is 1. The Hall–Kier alpha value is -2.63. The van der Waals surface area contributed by atoms with Crippen LogP contribution in [0.3, 0.4) is 0 Å². The molecule has 2 aromatic carbocycles. The Kier molecular flexibility index (Phi) is 3.33. The number of halogens is 2. The minimum Gasteiger partial charge on any atom is -0.454 e. The molecule has 0 spiro atoms. The van der Waals surface area contributed by atoms with Gasteiger partial charge in [0.2, 0.25) is 0 Å². The van der Waals surface area contributed by atoms with Crippen LogP contribution in [0.4, 0.5) is 14.5 Å². The molecule has 0 atom stereocenters. The molecule has 1 amide bonds. The lowest BCUT2D eigenvalue weighted by Gasteiger charge is -2.11. The van der Waals surface area contributed by atoms with Crippen molar-refractivity contribution in [3.05, 3.63) is 53.6 Å². The van der Waals surface area contributed by atoms with Crippen LogP contribution in [0.15, 0.2) is 36.4 Å². The van der Waals surface area contributed by atoms with Gasteiger partial charge in [-0.15, -0.1) is 0 Å². The molecule has 4 N–H and O–H groups in total. The molecule has 0 heterocycles. The molecule has 0 aromatic heterocycles. The molecular formula is C13H10F2N2O2. The summed E-state index contributed by atoms with van der Waals surface area (Å²) in [4.78, 5) is 11.2. The van der Waals surface area contributed by atoms with E-state index in [1.807, 2.05) is 0 Å². The van der Waals surface area contributed by atoms with Crippen LogP contribution < -0.4 is 16.2 Å². The fraction of sp³-hybridized carbons (Fsp3) is 0. The highest BCUT2D eigenvalue weighted by molar-refractivity contribution is 5.97. The summed E-state index contributed by atoms with van der Waals surface area (Å²) in [7, 11) is 0. The van der Waals surface area contributed by atoms with E-state index in [0.717, 1.165) is 12.1 Å². The van der Waals surface area contributed by atoms with E-state index in [4.69, 9.17) is 16.2 Å². The summed E-state index contributed by atoms with van der Waals surface area (Å²) in [6.07, 6.45) is 0. The summed E-state index contributed by atoms with van der Waals surface area (Å²) in [5.41, 5.74) is 11.0. The Labute approximate surface area is 107 Å². The van der Waals surface area contributed by atoms with Crippen molar-refractivity contribution in [3.8, 4) is 11.5 Å². The van der Waals surface area contributed by atoms with Gasteiger partial charge in [-0.2, -0.15) is 0 Å². The van der Waals surface area contributed by atoms with Gasteiger partial charge in [0.05, 0.1) is 11.3 Å². The SMILES string of the molecule is NC(=O)c1cccc(N)c1Oc1cc(F)cc(F)c1. The smallest absolute Gasteiger partial charge is 0.252 e. The van der Waals surface area contributed by atoms with E-state index in [1.165, 1.54) is 18.2 Å². The average Bonchev–Trinajstić information content (AvgIpc) is 2.30. The molecule has 0 aliphatic carbocycles. The van der Waals surface area contributed by atoms with Gasteiger partial charge in [-0.3, -0.25) is 4.79 Å². The van der Waals surface area contributed by atoms with Gasteiger partial charge in [-0.1, -0.05) is 6.07 Å². The second-order valence-electron chi connectivity index (χ2n) is 3.80. The molecule has 0 unspecified atom stereocenters. The molecule has 0 saturated heterocycles. The second-order valence-corrected chi connectivity index (χ2v) is 3.80. The van der Waals surface area contributed by atoms with Crippen molar-refractivity contribution in [3.63, 3.8) is 0 Å². The molecule has 19 heavy (non-hydrogen) atoms. The molecule has 6 heteroatoms. The number of carbonyl (C=O) groups excluding carboxylic acids is 1. The summed E-state index contributed by atoms with van der Waals surface area (Å²) in [5, 5.41) is 0. The van der Waals surface area contributed by atoms with Crippen molar-refractivity contribution in [2.45, 2.75) is 0 Å². The highest BCUT2D eigenvalue weighted by Crippen LogP contribution is 2.31. The first-order chi connectivity index (χ1) is 8.97. The predicted octanol–water partition coefficient (Wildman–Crippen LogP) is 2.44. The molecule has 0 bridgehead atoms. The lowest BCUT2D eigenvalue weighted by molar-refractivity contribution is 0.0998. The van der Waals surface area contributed by atoms with E-state index in [2.05, 4.69) is 0 Å². The van der Waals surface area contributed by atoms with Crippen LogP contribution >= 0.6 is 0 Å². The van der Waals surface area contributed by atoms with Crippen LogP contribution in [0.1, 0.15) is 10.4 Å². The van der Waals surface area contributed by atoms with E-state index in [9.17, 15) is 13.6 Å². The maximum atomic E-state index is 13.0. The van der Waals surface area contributed by atoms with Gasteiger partial charge in [0.25, 0.3) is 5.91 Å². The quantitative estimate of drug-likeness (QED) is 0.836. The number of ether oxygens (including phenoxy) is 1. The topological polar surface area (TPSA) is 78.3 Å². The number of hydrogen-bond acceptors (Lipinski definition) is 3. The van der Waals surface area contributed by atoms with E-state index in [0.29, 0.717) is 6.07 Å². The summed E-state index contributed by atoms with van der Waals surface area (Å²) < 4.78 is 31.4. The fourth-order valence-electron chi connectivity index (χ4n) is 1.57. The third kappa shape index (κ3) is 2.79. The fourth-order valence-corrected chi connectivity index (χ4v) is 1.57. The number of amides is 1. The number of rotatable bonds is 3. The Balaban J connectivity index is 2.45. The Morgan fingerprint density at radius 3 is 2.32 bits per heavy atom. The van der Waals surface area contributed by atoms with Crippen molar-refractivity contribution in [1.82, 2.24) is 0 Å². The summed E-state index contributed by atoms with van der Waals surface area (Å²) in [5.74, 6) is -2.49. The molecule has 2 rings (SSSR count). The first-order valence-corrected chi connectivity index (χ1v) is 5.29. The molecule has 0 fully saturated rings. The van der Waals surface area contributed by atoms with Crippen LogP contribution in [-0.4, -0.2) is 5.91 Å². The van der Waals surface area contributed by atoms with Gasteiger partial charge in [-0.05, 0) is 12.1 Å². The van der Waals surface area contributed by atoms with Crippen molar-refractivity contribution in [2.75, 3.05) is 5.73 Å². The van der Waals surface area contributed by atoms with Gasteiger partial charge in [0.1, 0.15) is 17.4 Å². The van der Waals surface area contributed by atoms with Gasteiger partial charge in [-0.25, -0.2) is 8.78 Å². The zero-order chi connectivity index (χ0) is 14.0. The lowest BCUT2D eigenvalue weighted by Crippen LogP contribution is -2.13. The minimum atomic E-state index is -0.801. The zero-order valence-electron chi connectivity index (χ0n) is 9.69. The number of benzene rings is 2. The van der Waals surface area contributed by atoms with Crippen LogP contribution in [0.2, 0.25) is 0 Å². The van der Waals surface area contributed by atoms with Gasteiger partial charge < -0.3 is 16.2 Å². The molecule has 0 aliphatic rings. The Bertz CT molecular complexity index is 624. The normalized spacial score (nSPS) is 10.2. The van der Waals surface area contributed by atoms with Crippen molar-refractivity contribution >= 4 is 11.6 Å². The molecule has 2 aromatic rings. The van der Waals surface area contributed by atoms with Crippen molar-refractivity contribution in [1.29, 1.82) is 0 Å². The molecule has 4 nitrogen and oxygen atoms in total. The third-order valence-corrected chi connectivity index (χ3v) is 2.37. The molecular weight excluding hydrogens is 254 g/mol. The van der Waals surface area contributed by atoms with E-state index in [-0.39, 0.29) is 22.7 Å². The van der Waals surface area contributed by atoms with Gasteiger partial charge in [0, 0.05) is 18.2 Å². The van der Waals surface area contributed by atoms with Crippen molar-refractivity contribution < 1.29 is 18.3 Å². The minimum absolute atomic E-state index is 0.0278. The summed E-state index contributed by atoms with van der Waals surface area (Å²) in [6.45, 7) is 0. The number of para-hydroxylation sites is 1. The van der Waals surface area contributed by atoms with Crippen LogP contribution in [0, 0.1) is 11.6 Å². The molecule has 98 valence electrons. The van der Waals surface area contributed by atoms with Crippen LogP contribution in [0.5, 0.6) is 11.5 Å². The monoisotopic (exact) mass is 264 g/mol. The number of anilines is 1. The summed E-state index contributed by atoms with van der Waals surface area (Å²) in [6, 6.07) is 7.06. The maximum absolute atomic E-state index is 13.0. The number of carbonyl (C=O) groups is 1. The maximum Gasteiger partial charge on any atom is 0.252 e. The highest BCUT2D eigenvalue weighted by atomic mass is 19.1. The van der Waals surface area contributed by atoms with E-state index in [1.54, 1.807) is 0 Å². The summed E-state index contributed by atoms with van der Waals surface area (Å²) >= 11 is 0. The predicted molar refractivity (Wildman–Crippen MR) is 65.8 cm³/mol. The standard InChI is InChI=1S/C13H10F2N2O2/c14-7-4-8(15)6-9(5-7)19-12-10(13(17)18)2-1-3-11(12)16/h1-6H,16H2,(H2,17,18). The van der Waals surface area contributed by atoms with Crippen LogP contribution in [0.25, 0.3) is 0 Å². The van der Waals surface area contributed by atoms with Crippen LogP contribution in [-0.2, 0) is 0 Å². The first-order valence-electron chi connectivity index (χ1n) is 5.29. The van der Waals surface area contributed by atoms with E-state index < -0.39 is 17.5 Å². The molecule has 0 radical (unpaired) electrons. The Morgan fingerprint density at radius 1 is 1.11 bits per heavy atom. The molecule has 0 aliphatic heterocycles. The number of hydrogen-bond donors (Lipinski definition) is 2. The first kappa shape index (κ1) is 12.8. The largest absolute Gasteiger partial charge is 0.454 e. The number of primary amides is 1. The molecule has 0 saturated carbocycles. The zero-order valence-corrected chi connectivity index (χ0v) is 9.69.